The van der Waals surface area contributed by atoms with Crippen molar-refractivity contribution in [3.63, 3.8) is 0 Å². The highest BCUT2D eigenvalue weighted by Gasteiger charge is 2.19. The van der Waals surface area contributed by atoms with Crippen molar-refractivity contribution in [2.75, 3.05) is 0 Å². The fourth-order valence-electron chi connectivity index (χ4n) is 1.79. The zero-order valence-electron chi connectivity index (χ0n) is 9.94. The molecule has 0 amide bonds. The number of hydrogen-bond acceptors (Lipinski definition) is 0. The second kappa shape index (κ2) is 6.14. The standard InChI is InChI=1S/C14H8BrClF4/c15-9(4-8-11(17)2-1-3-12(8)18)7-5-13(19)14(20)6-10(7)16/h1-3,5-6,9H,4H2. The van der Waals surface area contributed by atoms with Crippen molar-refractivity contribution in [2.45, 2.75) is 11.2 Å². The molecule has 0 aliphatic carbocycles. The van der Waals surface area contributed by atoms with E-state index in [0.717, 1.165) is 24.3 Å². The summed E-state index contributed by atoms with van der Waals surface area (Å²) in [7, 11) is 0. The molecular weight excluding hydrogens is 360 g/mol. The molecule has 1 atom stereocenters. The molecule has 0 heterocycles. The zero-order chi connectivity index (χ0) is 14.9. The molecule has 6 heteroatoms. The smallest absolute Gasteiger partial charge is 0.160 e. The van der Waals surface area contributed by atoms with Crippen LogP contribution in [-0.4, -0.2) is 0 Å². The van der Waals surface area contributed by atoms with Gasteiger partial charge >= 0.3 is 0 Å². The minimum atomic E-state index is -1.07. The first kappa shape index (κ1) is 15.3. The average molecular weight is 368 g/mol. The highest BCUT2D eigenvalue weighted by atomic mass is 79.9. The van der Waals surface area contributed by atoms with Gasteiger partial charge in [0, 0.05) is 15.4 Å². The minimum absolute atomic E-state index is 0.0116. The topological polar surface area (TPSA) is 0 Å². The molecule has 2 rings (SSSR count). The van der Waals surface area contributed by atoms with E-state index in [4.69, 9.17) is 11.6 Å². The van der Waals surface area contributed by atoms with Crippen molar-refractivity contribution in [3.8, 4) is 0 Å². The van der Waals surface area contributed by atoms with Gasteiger partial charge in [-0.05, 0) is 36.2 Å². The van der Waals surface area contributed by atoms with Crippen LogP contribution in [0.2, 0.25) is 5.02 Å². The summed E-state index contributed by atoms with van der Waals surface area (Å²) in [6.45, 7) is 0. The molecule has 106 valence electrons. The average Bonchev–Trinajstić information content (AvgIpc) is 2.38. The maximum absolute atomic E-state index is 13.5. The predicted molar refractivity (Wildman–Crippen MR) is 73.1 cm³/mol. The van der Waals surface area contributed by atoms with Crippen molar-refractivity contribution in [3.05, 3.63) is 69.8 Å². The molecule has 1 unspecified atom stereocenters. The van der Waals surface area contributed by atoms with Crippen LogP contribution in [0, 0.1) is 23.3 Å². The molecule has 0 aromatic heterocycles. The molecule has 0 radical (unpaired) electrons. The van der Waals surface area contributed by atoms with Crippen LogP contribution in [0.15, 0.2) is 30.3 Å². The molecule has 0 saturated heterocycles. The summed E-state index contributed by atoms with van der Waals surface area (Å²) in [5.74, 6) is -3.54. The summed E-state index contributed by atoms with van der Waals surface area (Å²) in [6, 6.07) is 5.26. The third kappa shape index (κ3) is 3.15. The van der Waals surface area contributed by atoms with Crippen LogP contribution in [0.4, 0.5) is 17.6 Å². The Labute approximate surface area is 126 Å². The highest BCUT2D eigenvalue weighted by molar-refractivity contribution is 9.09. The van der Waals surface area contributed by atoms with E-state index in [9.17, 15) is 17.6 Å². The molecule has 0 aliphatic heterocycles. The van der Waals surface area contributed by atoms with Crippen LogP contribution < -0.4 is 0 Å². The van der Waals surface area contributed by atoms with Crippen molar-refractivity contribution in [1.82, 2.24) is 0 Å². The lowest BCUT2D eigenvalue weighted by Gasteiger charge is -2.13. The zero-order valence-corrected chi connectivity index (χ0v) is 12.3. The van der Waals surface area contributed by atoms with Gasteiger partial charge in [0.1, 0.15) is 11.6 Å². The van der Waals surface area contributed by atoms with E-state index >= 15 is 0 Å². The van der Waals surface area contributed by atoms with Gasteiger partial charge in [0.05, 0.1) is 0 Å². The van der Waals surface area contributed by atoms with Gasteiger partial charge < -0.3 is 0 Å². The van der Waals surface area contributed by atoms with E-state index in [1.165, 1.54) is 6.07 Å². The first-order chi connectivity index (χ1) is 9.40. The normalized spacial score (nSPS) is 12.5. The maximum Gasteiger partial charge on any atom is 0.160 e. The number of hydrogen-bond donors (Lipinski definition) is 0. The van der Waals surface area contributed by atoms with E-state index in [1.54, 1.807) is 0 Å². The molecule has 0 N–H and O–H groups in total. The van der Waals surface area contributed by atoms with Crippen LogP contribution in [0.3, 0.4) is 0 Å². The Morgan fingerprint density at radius 1 is 0.950 bits per heavy atom. The van der Waals surface area contributed by atoms with E-state index < -0.39 is 28.1 Å². The number of rotatable bonds is 3. The third-order valence-electron chi connectivity index (χ3n) is 2.82. The molecule has 0 spiro atoms. The van der Waals surface area contributed by atoms with Gasteiger partial charge in [0.15, 0.2) is 11.6 Å². The first-order valence-electron chi connectivity index (χ1n) is 5.61. The van der Waals surface area contributed by atoms with E-state index in [0.29, 0.717) is 0 Å². The van der Waals surface area contributed by atoms with Crippen molar-refractivity contribution < 1.29 is 17.6 Å². The molecule has 0 bridgehead atoms. The summed E-state index contributed by atoms with van der Waals surface area (Å²) >= 11 is 9.01. The summed E-state index contributed by atoms with van der Waals surface area (Å²) in [4.78, 5) is -0.642. The minimum Gasteiger partial charge on any atom is -0.207 e. The molecular formula is C14H8BrClF4. The van der Waals surface area contributed by atoms with Gasteiger partial charge in [0.25, 0.3) is 0 Å². The quantitative estimate of drug-likeness (QED) is 0.378. The summed E-state index contributed by atoms with van der Waals surface area (Å²) in [5.41, 5.74) is 0.0865. The van der Waals surface area contributed by atoms with E-state index in [-0.39, 0.29) is 22.6 Å². The van der Waals surface area contributed by atoms with Crippen molar-refractivity contribution >= 4 is 27.5 Å². The van der Waals surface area contributed by atoms with Crippen LogP contribution in [-0.2, 0) is 6.42 Å². The number of alkyl halides is 1. The molecule has 0 saturated carbocycles. The monoisotopic (exact) mass is 366 g/mol. The Morgan fingerprint density at radius 2 is 1.50 bits per heavy atom. The van der Waals surface area contributed by atoms with Crippen LogP contribution in [0.25, 0.3) is 0 Å². The number of halogens is 6. The summed E-state index contributed by atoms with van der Waals surface area (Å²) in [5, 5.41) is -0.0116. The SMILES string of the molecule is Fc1cc(Cl)c(C(Br)Cc2c(F)cccc2F)cc1F. The fourth-order valence-corrected chi connectivity index (χ4v) is 2.91. The molecule has 2 aromatic rings. The van der Waals surface area contributed by atoms with Crippen LogP contribution in [0.5, 0.6) is 0 Å². The molecule has 0 aliphatic rings. The lowest BCUT2D eigenvalue weighted by molar-refractivity contribution is 0.506. The number of benzene rings is 2. The lowest BCUT2D eigenvalue weighted by Crippen LogP contribution is -2.03. The largest absolute Gasteiger partial charge is 0.207 e. The highest BCUT2D eigenvalue weighted by Crippen LogP contribution is 2.34. The third-order valence-corrected chi connectivity index (χ3v) is 3.97. The lowest BCUT2D eigenvalue weighted by atomic mass is 10.0. The molecule has 2 aromatic carbocycles. The predicted octanol–water partition coefficient (Wildman–Crippen LogP) is 5.58. The summed E-state index contributed by atoms with van der Waals surface area (Å²) in [6.07, 6.45) is -0.0801. The van der Waals surface area contributed by atoms with Gasteiger partial charge in [0.2, 0.25) is 0 Å². The second-order valence-corrected chi connectivity index (χ2v) is 5.67. The van der Waals surface area contributed by atoms with Gasteiger partial charge in [-0.15, -0.1) is 0 Å². The van der Waals surface area contributed by atoms with Gasteiger partial charge in [-0.2, -0.15) is 0 Å². The Kier molecular flexibility index (Phi) is 4.70. The Bertz CT molecular complexity index is 625. The van der Waals surface area contributed by atoms with E-state index in [2.05, 4.69) is 15.9 Å². The Balaban J connectivity index is 2.33. The van der Waals surface area contributed by atoms with E-state index in [1.807, 2.05) is 0 Å². The van der Waals surface area contributed by atoms with Crippen molar-refractivity contribution in [1.29, 1.82) is 0 Å². The fraction of sp³-hybridized carbons (Fsp3) is 0.143. The second-order valence-electron chi connectivity index (χ2n) is 4.16. The van der Waals surface area contributed by atoms with Gasteiger partial charge in [-0.25, -0.2) is 17.6 Å². The van der Waals surface area contributed by atoms with Gasteiger partial charge in [-0.1, -0.05) is 33.6 Å². The van der Waals surface area contributed by atoms with Crippen LogP contribution >= 0.6 is 27.5 Å². The molecule has 0 nitrogen and oxygen atoms in total. The maximum atomic E-state index is 13.5. The molecule has 0 fully saturated rings. The van der Waals surface area contributed by atoms with Gasteiger partial charge in [-0.3, -0.25) is 0 Å². The Morgan fingerprint density at radius 3 is 2.10 bits per heavy atom. The Hall–Kier alpha value is -1.07. The molecule has 20 heavy (non-hydrogen) atoms. The summed E-state index contributed by atoms with van der Waals surface area (Å²) < 4.78 is 53.3. The first-order valence-corrected chi connectivity index (χ1v) is 6.91. The van der Waals surface area contributed by atoms with Crippen molar-refractivity contribution in [2.24, 2.45) is 0 Å². The van der Waals surface area contributed by atoms with Crippen LogP contribution in [0.1, 0.15) is 16.0 Å².